The summed E-state index contributed by atoms with van der Waals surface area (Å²) in [6, 6.07) is 10.8. The van der Waals surface area contributed by atoms with Crippen LogP contribution in [0.25, 0.3) is 0 Å². The zero-order chi connectivity index (χ0) is 23.7. The first-order chi connectivity index (χ1) is 16.3. The van der Waals surface area contributed by atoms with Crippen molar-refractivity contribution in [1.82, 2.24) is 0 Å². The van der Waals surface area contributed by atoms with Crippen LogP contribution in [0.4, 0.5) is 8.78 Å². The number of halogens is 3. The first-order valence-corrected chi connectivity index (χ1v) is 13.0. The van der Waals surface area contributed by atoms with Gasteiger partial charge in [0.2, 0.25) is 5.60 Å². The Bertz CT molecular complexity index is 1150. The van der Waals surface area contributed by atoms with E-state index in [1.807, 2.05) is 10.8 Å². The maximum absolute atomic E-state index is 13.8. The molecule has 3 aliphatic heterocycles. The molecule has 0 radical (unpaired) electrons. The molecule has 3 aromatic rings. The van der Waals surface area contributed by atoms with E-state index in [2.05, 4.69) is 7.05 Å². The maximum atomic E-state index is 13.8. The second-order valence-corrected chi connectivity index (χ2v) is 11.5. The first kappa shape index (κ1) is 25.0. The molecule has 6 rings (SSSR count). The number of hydrogen-bond acceptors (Lipinski definition) is 6. The van der Waals surface area contributed by atoms with Crippen LogP contribution in [0.2, 0.25) is 0 Å². The molecule has 35 heavy (non-hydrogen) atoms. The number of carbonyl (C=O) groups excluding carboxylic acids is 1. The fraction of sp³-hybridized carbons (Fsp3) is 0.400. The van der Waals surface area contributed by atoms with Gasteiger partial charge in [-0.3, -0.25) is 0 Å². The Hall–Kier alpha value is -1.69. The Morgan fingerprint density at radius 3 is 2.11 bits per heavy atom. The molecule has 0 saturated carbocycles. The van der Waals surface area contributed by atoms with E-state index in [1.54, 1.807) is 24.3 Å². The first-order valence-electron chi connectivity index (χ1n) is 11.3. The second-order valence-electron chi connectivity index (χ2n) is 9.65. The number of epoxide rings is 1. The molecule has 3 fully saturated rings. The standard InChI is InChI=1S/C25H24F2NO4S2.BrH/c1-28(13-14-8-15(26)10-16(27)9-14)18-11-17(12-19(28)23-22(18)32-23)31-24(29)25(30,20-4-2-6-33-20)21-5-3-7-34-21;/h2-10,17-19,22-23,30H,11-13H2,1H3;1H/q+1;/p-1. The van der Waals surface area contributed by atoms with E-state index < -0.39 is 23.2 Å². The van der Waals surface area contributed by atoms with Gasteiger partial charge in [-0.05, 0) is 35.0 Å². The van der Waals surface area contributed by atoms with E-state index in [1.165, 1.54) is 34.8 Å². The Morgan fingerprint density at radius 1 is 1.09 bits per heavy atom. The number of fused-ring (bicyclic) bond motifs is 5. The van der Waals surface area contributed by atoms with Gasteiger partial charge in [-0.25, -0.2) is 13.6 Å². The van der Waals surface area contributed by atoms with Crippen LogP contribution in [0.5, 0.6) is 0 Å². The molecule has 1 aromatic carbocycles. The fourth-order valence-electron chi connectivity index (χ4n) is 6.01. The lowest BCUT2D eigenvalue weighted by atomic mass is 9.93. The molecule has 3 saturated heterocycles. The van der Waals surface area contributed by atoms with Crippen LogP contribution in [0.15, 0.2) is 53.2 Å². The molecule has 5 nitrogen and oxygen atoms in total. The number of carbonyl (C=O) groups is 1. The van der Waals surface area contributed by atoms with Crippen molar-refractivity contribution in [2.24, 2.45) is 0 Å². The Kier molecular flexibility index (Phi) is 6.43. The van der Waals surface area contributed by atoms with Crippen molar-refractivity contribution >= 4 is 28.6 Å². The van der Waals surface area contributed by atoms with Gasteiger partial charge in [0.05, 0.1) is 16.8 Å². The molecule has 2 aromatic heterocycles. The van der Waals surface area contributed by atoms with Crippen molar-refractivity contribution in [3.8, 4) is 0 Å². The van der Waals surface area contributed by atoms with Crippen molar-refractivity contribution in [3.63, 3.8) is 0 Å². The van der Waals surface area contributed by atoms with E-state index in [0.29, 0.717) is 39.2 Å². The Labute approximate surface area is 220 Å². The molecule has 186 valence electrons. The summed E-state index contributed by atoms with van der Waals surface area (Å²) in [7, 11) is 2.10. The third-order valence-corrected chi connectivity index (χ3v) is 9.57. The van der Waals surface area contributed by atoms with Crippen molar-refractivity contribution in [3.05, 3.63) is 80.2 Å². The van der Waals surface area contributed by atoms with Gasteiger partial charge < -0.3 is 36.0 Å². The fourth-order valence-corrected chi connectivity index (χ4v) is 7.73. The molecule has 5 heterocycles. The number of aliphatic hydroxyl groups is 1. The van der Waals surface area contributed by atoms with Crippen LogP contribution in [0.3, 0.4) is 0 Å². The van der Waals surface area contributed by atoms with Crippen molar-refractivity contribution < 1.29 is 49.6 Å². The summed E-state index contributed by atoms with van der Waals surface area (Å²) >= 11 is 2.63. The lowest BCUT2D eigenvalue weighted by Gasteiger charge is -2.48. The highest BCUT2D eigenvalue weighted by molar-refractivity contribution is 7.12. The number of piperidine rings is 1. The molecular weight excluding hydrogens is 560 g/mol. The van der Waals surface area contributed by atoms with Gasteiger partial charge in [-0.2, -0.15) is 0 Å². The number of benzene rings is 1. The topological polar surface area (TPSA) is 59.1 Å². The van der Waals surface area contributed by atoms with Gasteiger partial charge >= 0.3 is 5.97 Å². The zero-order valence-electron chi connectivity index (χ0n) is 18.8. The minimum absolute atomic E-state index is 0. The summed E-state index contributed by atoms with van der Waals surface area (Å²) in [6.45, 7) is 0.482. The average Bonchev–Trinajstić information content (AvgIpc) is 3.13. The number of likely N-dealkylation sites (N-methyl/N-ethyl adjacent to an activating group) is 1. The van der Waals surface area contributed by atoms with Crippen molar-refractivity contribution in [1.29, 1.82) is 0 Å². The number of morpholine rings is 1. The van der Waals surface area contributed by atoms with E-state index in [4.69, 9.17) is 9.47 Å². The molecule has 0 aliphatic carbocycles. The van der Waals surface area contributed by atoms with Crippen LogP contribution in [0.1, 0.15) is 28.2 Å². The summed E-state index contributed by atoms with van der Waals surface area (Å²) < 4.78 is 40.1. The van der Waals surface area contributed by atoms with Crippen LogP contribution in [-0.2, 0) is 26.4 Å². The predicted molar refractivity (Wildman–Crippen MR) is 123 cm³/mol. The van der Waals surface area contributed by atoms with Gasteiger partial charge in [0.25, 0.3) is 0 Å². The molecule has 0 amide bonds. The highest BCUT2D eigenvalue weighted by Gasteiger charge is 2.72. The highest BCUT2D eigenvalue weighted by Crippen LogP contribution is 2.54. The Morgan fingerprint density at radius 2 is 1.63 bits per heavy atom. The molecule has 3 aliphatic rings. The average molecular weight is 585 g/mol. The zero-order valence-corrected chi connectivity index (χ0v) is 22.0. The molecular formula is C25H24BrF2NO4S2. The van der Waals surface area contributed by atoms with Crippen molar-refractivity contribution in [2.75, 3.05) is 7.05 Å². The van der Waals surface area contributed by atoms with Gasteiger partial charge in [0.1, 0.15) is 48.6 Å². The minimum Gasteiger partial charge on any atom is -1.00 e. The third-order valence-electron chi connectivity index (χ3n) is 7.61. The van der Waals surface area contributed by atoms with Crippen LogP contribution in [-0.4, -0.2) is 53.0 Å². The number of esters is 1. The monoisotopic (exact) mass is 583 g/mol. The van der Waals surface area contributed by atoms with Crippen molar-refractivity contribution in [2.45, 2.75) is 55.4 Å². The van der Waals surface area contributed by atoms with E-state index in [-0.39, 0.29) is 47.4 Å². The molecule has 10 heteroatoms. The van der Waals surface area contributed by atoms with E-state index in [9.17, 15) is 18.7 Å². The number of rotatable bonds is 6. The van der Waals surface area contributed by atoms with Crippen LogP contribution >= 0.6 is 22.7 Å². The van der Waals surface area contributed by atoms with Gasteiger partial charge in [-0.15, -0.1) is 22.7 Å². The van der Waals surface area contributed by atoms with Gasteiger partial charge in [0, 0.05) is 24.5 Å². The predicted octanol–water partition coefficient (Wildman–Crippen LogP) is 1.20. The minimum atomic E-state index is -1.84. The lowest BCUT2D eigenvalue weighted by molar-refractivity contribution is -0.968. The smallest absolute Gasteiger partial charge is 0.349 e. The summed E-state index contributed by atoms with van der Waals surface area (Å²) in [5, 5.41) is 15.2. The summed E-state index contributed by atoms with van der Waals surface area (Å²) in [5.41, 5.74) is -1.23. The Balaban J connectivity index is 0.00000253. The summed E-state index contributed by atoms with van der Waals surface area (Å²) in [4.78, 5) is 14.5. The number of hydrogen-bond donors (Lipinski definition) is 1. The number of nitrogens with zero attached hydrogens (tertiary/aromatic N) is 1. The molecule has 2 bridgehead atoms. The molecule has 1 N–H and O–H groups in total. The number of thiophene rings is 2. The lowest BCUT2D eigenvalue weighted by Crippen LogP contribution is -3.00. The summed E-state index contributed by atoms with van der Waals surface area (Å²) in [5.74, 6) is -1.83. The molecule has 4 unspecified atom stereocenters. The number of ether oxygens (including phenoxy) is 2. The highest BCUT2D eigenvalue weighted by atomic mass is 79.9. The second kappa shape index (κ2) is 9.00. The normalized spacial score (nSPS) is 30.9. The van der Waals surface area contributed by atoms with E-state index >= 15 is 0 Å². The largest absolute Gasteiger partial charge is 1.00 e. The SMILES string of the molecule is C[N+]1(Cc2cc(F)cc(F)c2)C2CC(OC(=O)C(O)(c3cccs3)c3cccs3)CC1C1OC12.[Br-]. The number of quaternary nitrogens is 1. The van der Waals surface area contributed by atoms with Gasteiger partial charge in [0.15, 0.2) is 0 Å². The van der Waals surface area contributed by atoms with Crippen LogP contribution in [0, 0.1) is 11.6 Å². The maximum Gasteiger partial charge on any atom is 0.349 e. The quantitative estimate of drug-likeness (QED) is 0.269. The van der Waals surface area contributed by atoms with Crippen LogP contribution < -0.4 is 17.0 Å². The molecule has 4 atom stereocenters. The third kappa shape index (κ3) is 4.08. The van der Waals surface area contributed by atoms with E-state index in [0.717, 1.165) is 6.07 Å². The van der Waals surface area contributed by atoms with Gasteiger partial charge in [-0.1, -0.05) is 12.1 Å². The molecule has 0 spiro atoms. The summed E-state index contributed by atoms with van der Waals surface area (Å²) in [6.07, 6.45) is 0.905.